The van der Waals surface area contributed by atoms with Crippen LogP contribution >= 0.6 is 0 Å². The molecule has 1 aromatic carbocycles. The average molecular weight is 340 g/mol. The third-order valence-corrected chi connectivity index (χ3v) is 3.71. The quantitative estimate of drug-likeness (QED) is 0.637. The van der Waals surface area contributed by atoms with Gasteiger partial charge >= 0.3 is 13.1 Å². The minimum atomic E-state index is -3.08. The summed E-state index contributed by atoms with van der Waals surface area (Å²) in [6.07, 6.45) is -0.829. The van der Waals surface area contributed by atoms with Crippen molar-refractivity contribution in [1.82, 2.24) is 0 Å². The van der Waals surface area contributed by atoms with Crippen molar-refractivity contribution in [2.24, 2.45) is 0 Å². The summed E-state index contributed by atoms with van der Waals surface area (Å²) in [7, 11) is -1.34. The van der Waals surface area contributed by atoms with Crippen LogP contribution in [0.3, 0.4) is 0 Å². The highest BCUT2D eigenvalue weighted by atomic mass is 19.3. The number of para-hydroxylation sites is 1. The van der Waals surface area contributed by atoms with E-state index in [-0.39, 0.29) is 30.8 Å². The molecule has 0 aromatic heterocycles. The van der Waals surface area contributed by atoms with Crippen molar-refractivity contribution in [1.29, 1.82) is 0 Å². The molecule has 2 rings (SSSR count). The van der Waals surface area contributed by atoms with Crippen molar-refractivity contribution in [2.45, 2.75) is 44.8 Å². The summed E-state index contributed by atoms with van der Waals surface area (Å²) in [4.78, 5) is 23.6. The molecule has 8 heteroatoms. The molecule has 5 nitrogen and oxygen atoms in total. The van der Waals surface area contributed by atoms with Gasteiger partial charge in [0.05, 0.1) is 13.0 Å². The molecule has 0 fully saturated rings. The third kappa shape index (κ3) is 4.53. The Morgan fingerprint density at radius 1 is 1.46 bits per heavy atom. The molecule has 0 unspecified atom stereocenters. The fraction of sp³-hybridized carbons (Fsp3) is 0.500. The molecule has 0 radical (unpaired) electrons. The zero-order valence-electron chi connectivity index (χ0n) is 13.6. The Kier molecular flexibility index (Phi) is 5.59. The zero-order valence-corrected chi connectivity index (χ0v) is 13.6. The van der Waals surface area contributed by atoms with Crippen LogP contribution in [0.4, 0.5) is 8.78 Å². The van der Waals surface area contributed by atoms with Crippen LogP contribution in [0.5, 0.6) is 5.75 Å². The molecule has 0 saturated heterocycles. The Labute approximate surface area is 139 Å². The second kappa shape index (κ2) is 7.30. The van der Waals surface area contributed by atoms with Gasteiger partial charge in [-0.2, -0.15) is 0 Å². The number of benzene rings is 1. The molecule has 0 bridgehead atoms. The lowest BCUT2D eigenvalue weighted by Crippen LogP contribution is -2.36. The minimum Gasteiger partial charge on any atom is -0.535 e. The number of ketones is 1. The molecule has 1 heterocycles. The minimum absolute atomic E-state index is 0.193. The fourth-order valence-electron chi connectivity index (χ4n) is 2.74. The van der Waals surface area contributed by atoms with Crippen LogP contribution in [-0.4, -0.2) is 36.4 Å². The largest absolute Gasteiger partial charge is 0.535 e. The van der Waals surface area contributed by atoms with Crippen molar-refractivity contribution in [3.8, 4) is 5.75 Å². The van der Waals surface area contributed by atoms with Crippen LogP contribution in [0.2, 0.25) is 5.82 Å². The van der Waals surface area contributed by atoms with Gasteiger partial charge in [0, 0.05) is 12.2 Å². The second-order valence-corrected chi connectivity index (χ2v) is 5.98. The topological polar surface area (TPSA) is 72.8 Å². The predicted molar refractivity (Wildman–Crippen MR) is 83.3 cm³/mol. The molecule has 0 aliphatic carbocycles. The maximum Gasteiger partial charge on any atom is 0.526 e. The molecular formula is C16H19BF2O5. The number of alkyl halides is 2. The van der Waals surface area contributed by atoms with Gasteiger partial charge < -0.3 is 14.4 Å². The third-order valence-electron chi connectivity index (χ3n) is 3.71. The first-order valence-corrected chi connectivity index (χ1v) is 7.74. The zero-order chi connectivity index (χ0) is 17.9. The summed E-state index contributed by atoms with van der Waals surface area (Å²) in [6.45, 7) is 2.56. The number of hydrogen-bond acceptors (Lipinski definition) is 5. The lowest BCUT2D eigenvalue weighted by molar-refractivity contribution is -0.125. The predicted octanol–water partition coefficient (Wildman–Crippen LogP) is 2.65. The van der Waals surface area contributed by atoms with Crippen LogP contribution in [0.25, 0.3) is 0 Å². The second-order valence-electron chi connectivity index (χ2n) is 5.98. The van der Waals surface area contributed by atoms with E-state index in [9.17, 15) is 23.4 Å². The van der Waals surface area contributed by atoms with E-state index in [4.69, 9.17) is 9.39 Å². The highest BCUT2D eigenvalue weighted by molar-refractivity contribution is 6.47. The molecule has 1 N–H and O–H groups in total. The molecule has 1 atom stereocenters. The standard InChI is InChI=1S/C16H19BF2O5/c1-3-23-15(21)13-6-4-5-10-7-11(17(22)24-14(10)13)8-12(20)9-16(2,18)19/h4-6,11,22H,3,7-9H2,1-2H3/t11-/m1/s1. The Morgan fingerprint density at radius 2 is 2.17 bits per heavy atom. The highest BCUT2D eigenvalue weighted by Crippen LogP contribution is 2.37. The van der Waals surface area contributed by atoms with E-state index in [1.165, 1.54) is 6.07 Å². The first-order chi connectivity index (χ1) is 11.2. The van der Waals surface area contributed by atoms with Gasteiger partial charge in [-0.05, 0) is 31.9 Å². The normalized spacial score (nSPS) is 17.0. The summed E-state index contributed by atoms with van der Waals surface area (Å²) in [5.74, 6) is -4.70. The van der Waals surface area contributed by atoms with Gasteiger partial charge in [-0.15, -0.1) is 0 Å². The Hall–Kier alpha value is -1.96. The number of carbonyl (C=O) groups is 2. The maximum atomic E-state index is 12.9. The first-order valence-electron chi connectivity index (χ1n) is 7.74. The van der Waals surface area contributed by atoms with Gasteiger partial charge in [0.15, 0.2) is 0 Å². The maximum absolute atomic E-state index is 12.9. The van der Waals surface area contributed by atoms with Gasteiger partial charge in [-0.25, -0.2) is 13.6 Å². The fourth-order valence-corrected chi connectivity index (χ4v) is 2.74. The number of carbonyl (C=O) groups excluding carboxylic acids is 2. The summed E-state index contributed by atoms with van der Waals surface area (Å²) >= 11 is 0. The first kappa shape index (κ1) is 18.4. The Morgan fingerprint density at radius 3 is 2.79 bits per heavy atom. The Bertz CT molecular complexity index is 629. The smallest absolute Gasteiger partial charge is 0.526 e. The number of halogens is 2. The van der Waals surface area contributed by atoms with Crippen LogP contribution < -0.4 is 4.65 Å². The molecule has 1 aromatic rings. The molecule has 1 aliphatic rings. The van der Waals surface area contributed by atoms with Gasteiger partial charge in [0.25, 0.3) is 5.92 Å². The molecule has 0 saturated carbocycles. The molecule has 130 valence electrons. The monoisotopic (exact) mass is 340 g/mol. The summed E-state index contributed by atoms with van der Waals surface area (Å²) < 4.78 is 36.1. The lowest BCUT2D eigenvalue weighted by Gasteiger charge is -2.28. The summed E-state index contributed by atoms with van der Waals surface area (Å²) in [5.41, 5.74) is 0.824. The van der Waals surface area contributed by atoms with E-state index in [0.29, 0.717) is 12.5 Å². The van der Waals surface area contributed by atoms with E-state index in [1.54, 1.807) is 19.1 Å². The van der Waals surface area contributed by atoms with Gasteiger partial charge in [0.2, 0.25) is 0 Å². The van der Waals surface area contributed by atoms with E-state index < -0.39 is 37.0 Å². The highest BCUT2D eigenvalue weighted by Gasteiger charge is 2.39. The summed E-state index contributed by atoms with van der Waals surface area (Å²) in [5, 5.41) is 10.1. The number of rotatable bonds is 6. The van der Waals surface area contributed by atoms with Crippen molar-refractivity contribution < 1.29 is 32.8 Å². The van der Waals surface area contributed by atoms with Crippen LogP contribution in [0.1, 0.15) is 42.6 Å². The number of hydrogen-bond donors (Lipinski definition) is 1. The van der Waals surface area contributed by atoms with Crippen molar-refractivity contribution >= 4 is 18.9 Å². The molecule has 0 spiro atoms. The number of fused-ring (bicyclic) bond motifs is 1. The average Bonchev–Trinajstić information content (AvgIpc) is 2.45. The van der Waals surface area contributed by atoms with Crippen molar-refractivity contribution in [3.05, 3.63) is 29.3 Å². The van der Waals surface area contributed by atoms with Gasteiger partial charge in [-0.3, -0.25) is 4.79 Å². The molecule has 1 aliphatic heterocycles. The van der Waals surface area contributed by atoms with Gasteiger partial charge in [0.1, 0.15) is 17.1 Å². The van der Waals surface area contributed by atoms with Crippen LogP contribution in [0.15, 0.2) is 18.2 Å². The van der Waals surface area contributed by atoms with E-state index in [1.807, 2.05) is 0 Å². The van der Waals surface area contributed by atoms with Crippen molar-refractivity contribution in [2.75, 3.05) is 6.61 Å². The Balaban J connectivity index is 2.15. The van der Waals surface area contributed by atoms with E-state index in [0.717, 1.165) is 0 Å². The lowest BCUT2D eigenvalue weighted by atomic mass is 9.64. The number of ether oxygens (including phenoxy) is 1. The molecular weight excluding hydrogens is 321 g/mol. The summed E-state index contributed by atoms with van der Waals surface area (Å²) in [6, 6.07) is 4.87. The van der Waals surface area contributed by atoms with Crippen LogP contribution in [0, 0.1) is 0 Å². The molecule has 0 amide bonds. The van der Waals surface area contributed by atoms with E-state index >= 15 is 0 Å². The number of Topliss-reactive ketones (excluding diaryl/α,β-unsaturated/α-hetero) is 1. The molecule has 24 heavy (non-hydrogen) atoms. The van der Waals surface area contributed by atoms with E-state index in [2.05, 4.69) is 0 Å². The SMILES string of the molecule is CCOC(=O)c1cccc2c1OB(O)[C@@H](CC(=O)CC(C)(F)F)C2. The number of esters is 1. The van der Waals surface area contributed by atoms with Gasteiger partial charge in [-0.1, -0.05) is 12.1 Å². The van der Waals surface area contributed by atoms with Crippen LogP contribution in [-0.2, 0) is 16.0 Å². The van der Waals surface area contributed by atoms with Crippen molar-refractivity contribution in [3.63, 3.8) is 0 Å².